The number of hydrogen-bond donors (Lipinski definition) is 1. The number of carbonyl (C=O) groups excluding carboxylic acids is 1. The number of para-hydroxylation sites is 1. The van der Waals surface area contributed by atoms with Gasteiger partial charge in [-0.25, -0.2) is 4.98 Å². The van der Waals surface area contributed by atoms with Crippen LogP contribution in [-0.2, 0) is 0 Å². The predicted molar refractivity (Wildman–Crippen MR) is 106 cm³/mol. The lowest BCUT2D eigenvalue weighted by molar-refractivity contribution is 0.0753. The number of aromatic nitrogens is 1. The summed E-state index contributed by atoms with van der Waals surface area (Å²) in [5.74, 6) is 1.56. The molecule has 2 aliphatic heterocycles. The summed E-state index contributed by atoms with van der Waals surface area (Å²) in [4.78, 5) is 19.5. The topological polar surface area (TPSA) is 45.2 Å². The average molecular weight is 382 g/mol. The molecule has 0 radical (unpaired) electrons. The van der Waals surface area contributed by atoms with Crippen LogP contribution >= 0.6 is 24.8 Å². The highest BCUT2D eigenvalue weighted by Crippen LogP contribution is 2.28. The van der Waals surface area contributed by atoms with Crippen LogP contribution in [0.5, 0.6) is 0 Å². The third-order valence-electron chi connectivity index (χ3n) is 5.45. The Morgan fingerprint density at radius 2 is 1.76 bits per heavy atom. The number of aryl methyl sites for hydroxylation is 1. The molecule has 1 aromatic heterocycles. The fourth-order valence-corrected chi connectivity index (χ4v) is 4.04. The van der Waals surface area contributed by atoms with E-state index in [0.717, 1.165) is 67.3 Å². The van der Waals surface area contributed by atoms with Gasteiger partial charge in [-0.1, -0.05) is 18.2 Å². The summed E-state index contributed by atoms with van der Waals surface area (Å²) in [6, 6.07) is 9.98. The minimum Gasteiger partial charge on any atom is -0.337 e. The number of fused-ring (bicyclic) bond motifs is 2. The van der Waals surface area contributed by atoms with Crippen LogP contribution in [0.3, 0.4) is 0 Å². The first-order valence-corrected chi connectivity index (χ1v) is 8.59. The van der Waals surface area contributed by atoms with Crippen molar-refractivity contribution in [2.24, 2.45) is 11.8 Å². The number of likely N-dealkylation sites (tertiary alicyclic amines) is 1. The van der Waals surface area contributed by atoms with Crippen LogP contribution in [0.25, 0.3) is 10.9 Å². The largest absolute Gasteiger partial charge is 0.337 e. The van der Waals surface area contributed by atoms with E-state index in [9.17, 15) is 4.79 Å². The van der Waals surface area contributed by atoms with E-state index in [2.05, 4.69) is 23.3 Å². The molecule has 0 aliphatic carbocycles. The van der Waals surface area contributed by atoms with Gasteiger partial charge in [-0.2, -0.15) is 0 Å². The Bertz CT molecular complexity index is 739. The second-order valence-corrected chi connectivity index (χ2v) is 6.89. The maximum Gasteiger partial charge on any atom is 0.272 e. The van der Waals surface area contributed by atoms with Crippen molar-refractivity contribution in [2.75, 3.05) is 26.2 Å². The van der Waals surface area contributed by atoms with E-state index in [4.69, 9.17) is 0 Å². The van der Waals surface area contributed by atoms with Gasteiger partial charge in [-0.05, 0) is 62.4 Å². The molecule has 4 nitrogen and oxygen atoms in total. The summed E-state index contributed by atoms with van der Waals surface area (Å²) >= 11 is 0. The van der Waals surface area contributed by atoms with E-state index in [1.165, 1.54) is 0 Å². The number of benzene rings is 1. The highest BCUT2D eigenvalue weighted by Gasteiger charge is 2.32. The van der Waals surface area contributed by atoms with Gasteiger partial charge in [0, 0.05) is 18.5 Å². The Morgan fingerprint density at radius 3 is 2.44 bits per heavy atom. The zero-order valence-corrected chi connectivity index (χ0v) is 16.0. The van der Waals surface area contributed by atoms with E-state index in [0.29, 0.717) is 5.69 Å². The SMILES string of the molecule is Cc1cc(C(=O)N2CC[C@@H]3CNC[C@@H]3CC2)nc2ccccc12.Cl.Cl. The van der Waals surface area contributed by atoms with E-state index < -0.39 is 0 Å². The van der Waals surface area contributed by atoms with Crippen molar-refractivity contribution < 1.29 is 4.79 Å². The molecule has 6 heteroatoms. The summed E-state index contributed by atoms with van der Waals surface area (Å²) in [6.45, 7) is 5.99. The molecular formula is C19H25Cl2N3O. The lowest BCUT2D eigenvalue weighted by Gasteiger charge is -2.21. The van der Waals surface area contributed by atoms with Crippen LogP contribution in [0.4, 0.5) is 0 Å². The summed E-state index contributed by atoms with van der Waals surface area (Å²) < 4.78 is 0. The minimum atomic E-state index is 0. The van der Waals surface area contributed by atoms with Crippen LogP contribution in [0, 0.1) is 18.8 Å². The number of nitrogens with one attached hydrogen (secondary N) is 1. The van der Waals surface area contributed by atoms with Gasteiger partial charge in [0.25, 0.3) is 5.91 Å². The highest BCUT2D eigenvalue weighted by atomic mass is 35.5. The molecule has 2 atom stereocenters. The monoisotopic (exact) mass is 381 g/mol. The second-order valence-electron chi connectivity index (χ2n) is 6.89. The number of nitrogens with zero attached hydrogens (tertiary/aromatic N) is 2. The smallest absolute Gasteiger partial charge is 0.272 e. The molecule has 0 saturated carbocycles. The fraction of sp³-hybridized carbons (Fsp3) is 0.474. The molecule has 4 rings (SSSR count). The highest BCUT2D eigenvalue weighted by molar-refractivity contribution is 5.96. The standard InChI is InChI=1S/C19H23N3O.2ClH/c1-13-10-18(21-17-5-3-2-4-16(13)17)19(23)22-8-6-14-11-20-12-15(14)7-9-22;;/h2-5,10,14-15,20H,6-9,11-12H2,1H3;2*1H/t14-,15+;;. The molecule has 0 unspecified atom stereocenters. The van der Waals surface area contributed by atoms with Crippen molar-refractivity contribution in [3.63, 3.8) is 0 Å². The van der Waals surface area contributed by atoms with Crippen molar-refractivity contribution in [2.45, 2.75) is 19.8 Å². The molecule has 25 heavy (non-hydrogen) atoms. The second kappa shape index (κ2) is 8.35. The summed E-state index contributed by atoms with van der Waals surface area (Å²) in [6.07, 6.45) is 2.21. The van der Waals surface area contributed by atoms with Crippen molar-refractivity contribution >= 4 is 41.6 Å². The maximum absolute atomic E-state index is 12.9. The van der Waals surface area contributed by atoms with Crippen LogP contribution in [-0.4, -0.2) is 42.0 Å². The molecule has 1 N–H and O–H groups in total. The molecule has 2 aromatic rings. The summed E-state index contributed by atoms with van der Waals surface area (Å²) in [7, 11) is 0. The normalized spacial score (nSPS) is 22.5. The minimum absolute atomic E-state index is 0. The van der Waals surface area contributed by atoms with Crippen molar-refractivity contribution in [1.82, 2.24) is 15.2 Å². The van der Waals surface area contributed by atoms with E-state index in [1.807, 2.05) is 29.2 Å². The molecule has 2 aliphatic rings. The Kier molecular flexibility index (Phi) is 6.66. The van der Waals surface area contributed by atoms with Gasteiger partial charge in [-0.3, -0.25) is 4.79 Å². The number of halogens is 2. The quantitative estimate of drug-likeness (QED) is 0.822. The van der Waals surface area contributed by atoms with Gasteiger partial charge in [-0.15, -0.1) is 24.8 Å². The van der Waals surface area contributed by atoms with Gasteiger partial charge >= 0.3 is 0 Å². The summed E-state index contributed by atoms with van der Waals surface area (Å²) in [5, 5.41) is 4.61. The number of hydrogen-bond acceptors (Lipinski definition) is 3. The van der Waals surface area contributed by atoms with Gasteiger partial charge in [0.05, 0.1) is 5.52 Å². The Hall–Kier alpha value is -1.36. The molecule has 2 fully saturated rings. The first-order valence-electron chi connectivity index (χ1n) is 8.59. The van der Waals surface area contributed by atoms with Crippen LogP contribution in [0.15, 0.2) is 30.3 Å². The molecule has 1 amide bonds. The van der Waals surface area contributed by atoms with Crippen LogP contribution in [0.1, 0.15) is 28.9 Å². The van der Waals surface area contributed by atoms with Crippen molar-refractivity contribution in [1.29, 1.82) is 0 Å². The Balaban J connectivity index is 0.00000113. The first-order chi connectivity index (χ1) is 11.2. The Labute approximate surface area is 161 Å². The number of rotatable bonds is 1. The Morgan fingerprint density at radius 1 is 1.12 bits per heavy atom. The van der Waals surface area contributed by atoms with Crippen LogP contribution < -0.4 is 5.32 Å². The zero-order chi connectivity index (χ0) is 15.8. The predicted octanol–water partition coefficient (Wildman–Crippen LogP) is 3.46. The molecule has 0 spiro atoms. The maximum atomic E-state index is 12.9. The van der Waals surface area contributed by atoms with Crippen molar-refractivity contribution in [3.05, 3.63) is 41.6 Å². The molecular weight excluding hydrogens is 357 g/mol. The number of pyridine rings is 1. The van der Waals surface area contributed by atoms with E-state index in [-0.39, 0.29) is 30.7 Å². The molecule has 0 bridgehead atoms. The van der Waals surface area contributed by atoms with Gasteiger partial charge in [0.15, 0.2) is 0 Å². The van der Waals surface area contributed by atoms with E-state index >= 15 is 0 Å². The van der Waals surface area contributed by atoms with E-state index in [1.54, 1.807) is 0 Å². The van der Waals surface area contributed by atoms with Gasteiger partial charge in [0.1, 0.15) is 5.69 Å². The number of carbonyl (C=O) groups is 1. The van der Waals surface area contributed by atoms with Gasteiger partial charge < -0.3 is 10.2 Å². The molecule has 136 valence electrons. The fourth-order valence-electron chi connectivity index (χ4n) is 4.04. The molecule has 2 saturated heterocycles. The average Bonchev–Trinajstić information content (AvgIpc) is 2.93. The third kappa shape index (κ3) is 3.91. The lowest BCUT2D eigenvalue weighted by Crippen LogP contribution is -2.33. The number of amides is 1. The zero-order valence-electron chi connectivity index (χ0n) is 14.4. The lowest BCUT2D eigenvalue weighted by atomic mass is 9.92. The third-order valence-corrected chi connectivity index (χ3v) is 5.45. The van der Waals surface area contributed by atoms with Crippen LogP contribution in [0.2, 0.25) is 0 Å². The summed E-state index contributed by atoms with van der Waals surface area (Å²) in [5.41, 5.74) is 2.62. The molecule has 3 heterocycles. The molecule has 1 aromatic carbocycles. The van der Waals surface area contributed by atoms with Gasteiger partial charge in [0.2, 0.25) is 0 Å². The first kappa shape index (κ1) is 20.0. The van der Waals surface area contributed by atoms with Crippen molar-refractivity contribution in [3.8, 4) is 0 Å².